The number of carbonyl (C=O) groups is 1. The fourth-order valence-electron chi connectivity index (χ4n) is 1.65. The molecule has 2 N–H and O–H groups in total. The van der Waals surface area contributed by atoms with Crippen LogP contribution in [0.1, 0.15) is 31.9 Å². The van der Waals surface area contributed by atoms with Gasteiger partial charge >= 0.3 is 5.97 Å². The highest BCUT2D eigenvalue weighted by molar-refractivity contribution is 5.71. The molecule has 0 aliphatic heterocycles. The zero-order valence-corrected chi connectivity index (χ0v) is 10.1. The average molecular weight is 238 g/mol. The van der Waals surface area contributed by atoms with Crippen molar-refractivity contribution in [2.75, 3.05) is 5.23 Å². The summed E-state index contributed by atoms with van der Waals surface area (Å²) in [5, 5.41) is 28.6. The van der Waals surface area contributed by atoms with E-state index >= 15 is 0 Å². The van der Waals surface area contributed by atoms with E-state index in [1.54, 1.807) is 12.1 Å². The lowest BCUT2D eigenvalue weighted by atomic mass is 9.85. The molecule has 0 saturated carbocycles. The Morgan fingerprint density at radius 3 is 2.41 bits per heavy atom. The molecule has 0 aliphatic rings. The van der Waals surface area contributed by atoms with E-state index in [4.69, 9.17) is 10.3 Å². The third kappa shape index (κ3) is 3.44. The van der Waals surface area contributed by atoms with Crippen LogP contribution >= 0.6 is 0 Å². The minimum atomic E-state index is -0.977. The maximum Gasteiger partial charge on any atom is 0.307 e. The van der Waals surface area contributed by atoms with Gasteiger partial charge in [0.2, 0.25) is 0 Å². The molecular weight excluding hydrogens is 222 g/mol. The van der Waals surface area contributed by atoms with Gasteiger partial charge in [-0.05, 0) is 22.6 Å². The SMILES string of the molecule is CC(C)(C)c1ccc(CC(=O)O)cc1N([O-])O. The number of rotatable bonds is 3. The highest BCUT2D eigenvalue weighted by atomic mass is 16.8. The number of benzene rings is 1. The Hall–Kier alpha value is -1.59. The molecule has 0 bridgehead atoms. The first kappa shape index (κ1) is 13.5. The summed E-state index contributed by atoms with van der Waals surface area (Å²) < 4.78 is 0. The van der Waals surface area contributed by atoms with Crippen LogP contribution in [0, 0.1) is 5.21 Å². The lowest BCUT2D eigenvalue weighted by molar-refractivity contribution is -0.136. The van der Waals surface area contributed by atoms with Crippen molar-refractivity contribution in [1.29, 1.82) is 0 Å². The highest BCUT2D eigenvalue weighted by Crippen LogP contribution is 2.32. The van der Waals surface area contributed by atoms with E-state index in [2.05, 4.69) is 0 Å². The summed E-state index contributed by atoms with van der Waals surface area (Å²) in [6, 6.07) is 4.73. The van der Waals surface area contributed by atoms with Crippen LogP contribution in [0.4, 0.5) is 5.69 Å². The molecule has 1 aromatic rings. The molecule has 0 spiro atoms. The molecule has 0 amide bonds. The third-order valence-electron chi connectivity index (χ3n) is 2.43. The molecule has 0 atom stereocenters. The Labute approximate surface area is 99.8 Å². The van der Waals surface area contributed by atoms with Gasteiger partial charge < -0.3 is 15.5 Å². The van der Waals surface area contributed by atoms with Crippen LogP contribution in [0.15, 0.2) is 18.2 Å². The normalized spacial score (nSPS) is 11.4. The van der Waals surface area contributed by atoms with Crippen LogP contribution in [0.5, 0.6) is 0 Å². The molecule has 5 nitrogen and oxygen atoms in total. The average Bonchev–Trinajstić information content (AvgIpc) is 2.14. The van der Waals surface area contributed by atoms with Crippen molar-refractivity contribution >= 4 is 11.7 Å². The third-order valence-corrected chi connectivity index (χ3v) is 2.43. The van der Waals surface area contributed by atoms with Crippen molar-refractivity contribution in [1.82, 2.24) is 0 Å². The predicted molar refractivity (Wildman–Crippen MR) is 64.1 cm³/mol. The molecule has 0 fully saturated rings. The summed E-state index contributed by atoms with van der Waals surface area (Å²) in [7, 11) is 0. The van der Waals surface area contributed by atoms with E-state index in [0.29, 0.717) is 11.1 Å². The van der Waals surface area contributed by atoms with Gasteiger partial charge in [0, 0.05) is 0 Å². The van der Waals surface area contributed by atoms with Gasteiger partial charge in [0.05, 0.1) is 12.1 Å². The molecule has 5 heteroatoms. The van der Waals surface area contributed by atoms with Gasteiger partial charge in [-0.2, -0.15) is 0 Å². The summed E-state index contributed by atoms with van der Waals surface area (Å²) in [5.41, 5.74) is 0.943. The Kier molecular flexibility index (Phi) is 3.75. The maximum atomic E-state index is 11.1. The molecule has 0 aliphatic carbocycles. The first-order chi connectivity index (χ1) is 7.71. The number of carboxylic acid groups (broad SMARTS) is 1. The smallest absolute Gasteiger partial charge is 0.307 e. The molecule has 1 rings (SSSR count). The van der Waals surface area contributed by atoms with Crippen LogP contribution in [0.2, 0.25) is 0 Å². The van der Waals surface area contributed by atoms with Gasteiger partial charge in [-0.15, -0.1) is 0 Å². The second-order valence-electron chi connectivity index (χ2n) is 4.94. The van der Waals surface area contributed by atoms with Gasteiger partial charge in [0.25, 0.3) is 0 Å². The summed E-state index contributed by atoms with van der Waals surface area (Å²) in [6.07, 6.45) is -0.175. The summed E-state index contributed by atoms with van der Waals surface area (Å²) in [4.78, 5) is 10.6. The van der Waals surface area contributed by atoms with Crippen molar-refractivity contribution < 1.29 is 15.1 Å². The maximum absolute atomic E-state index is 11.1. The first-order valence-corrected chi connectivity index (χ1v) is 5.23. The van der Waals surface area contributed by atoms with Crippen molar-refractivity contribution in [3.8, 4) is 0 Å². The van der Waals surface area contributed by atoms with Crippen LogP contribution in [0.25, 0.3) is 0 Å². The number of carboxylic acids is 1. The van der Waals surface area contributed by atoms with E-state index in [0.717, 1.165) is 0 Å². The van der Waals surface area contributed by atoms with E-state index in [-0.39, 0.29) is 22.7 Å². The Morgan fingerprint density at radius 1 is 1.41 bits per heavy atom. The standard InChI is InChI=1S/C12H16NO4/c1-12(2,3)9-5-4-8(7-11(14)15)6-10(9)13(16)17/h4-6,16H,7H2,1-3H3,(H,14,15)/q-1. The Morgan fingerprint density at radius 2 is 2.00 bits per heavy atom. The van der Waals surface area contributed by atoms with Crippen molar-refractivity contribution in [3.05, 3.63) is 34.5 Å². The van der Waals surface area contributed by atoms with Gasteiger partial charge in [0.15, 0.2) is 0 Å². The Bertz CT molecular complexity index is 421. The molecule has 0 saturated heterocycles. The van der Waals surface area contributed by atoms with Crippen LogP contribution < -0.4 is 5.23 Å². The quantitative estimate of drug-likeness (QED) is 0.789. The van der Waals surface area contributed by atoms with Crippen molar-refractivity contribution in [2.45, 2.75) is 32.6 Å². The molecule has 0 aromatic heterocycles. The predicted octanol–water partition coefficient (Wildman–Crippen LogP) is 2.30. The first-order valence-electron chi connectivity index (χ1n) is 5.23. The highest BCUT2D eigenvalue weighted by Gasteiger charge is 2.19. The number of hydrogen-bond donors (Lipinski definition) is 2. The Balaban J connectivity index is 3.22. The molecule has 1 aromatic carbocycles. The van der Waals surface area contributed by atoms with Crippen LogP contribution in [0.3, 0.4) is 0 Å². The summed E-state index contributed by atoms with van der Waals surface area (Å²) >= 11 is 0. The second kappa shape index (κ2) is 4.73. The molecule has 0 heterocycles. The second-order valence-corrected chi connectivity index (χ2v) is 4.94. The largest absolute Gasteiger partial charge is 0.733 e. The number of nitrogens with zero attached hydrogens (tertiary/aromatic N) is 1. The topological polar surface area (TPSA) is 83.8 Å². The van der Waals surface area contributed by atoms with E-state index < -0.39 is 5.97 Å². The number of anilines is 1. The molecular formula is C12H16NO4-. The van der Waals surface area contributed by atoms with Gasteiger partial charge in [-0.1, -0.05) is 32.9 Å². The zero-order valence-electron chi connectivity index (χ0n) is 10.1. The van der Waals surface area contributed by atoms with Crippen LogP contribution in [-0.4, -0.2) is 16.3 Å². The minimum absolute atomic E-state index is 0.0938. The lowest BCUT2D eigenvalue weighted by Crippen LogP contribution is -2.19. The van der Waals surface area contributed by atoms with Crippen molar-refractivity contribution in [3.63, 3.8) is 0 Å². The van der Waals surface area contributed by atoms with Gasteiger partial charge in [-0.3, -0.25) is 10.0 Å². The van der Waals surface area contributed by atoms with Gasteiger partial charge in [0.1, 0.15) is 0 Å². The monoisotopic (exact) mass is 238 g/mol. The minimum Gasteiger partial charge on any atom is -0.733 e. The summed E-state index contributed by atoms with van der Waals surface area (Å²) in [6.45, 7) is 5.73. The molecule has 17 heavy (non-hydrogen) atoms. The zero-order chi connectivity index (χ0) is 13.2. The van der Waals surface area contributed by atoms with E-state index in [9.17, 15) is 10.0 Å². The summed E-state index contributed by atoms with van der Waals surface area (Å²) in [5.74, 6) is -0.977. The van der Waals surface area contributed by atoms with E-state index in [1.165, 1.54) is 6.07 Å². The lowest BCUT2D eigenvalue weighted by Gasteiger charge is -2.30. The fourth-order valence-corrected chi connectivity index (χ4v) is 1.65. The number of aliphatic carboxylic acids is 1. The van der Waals surface area contributed by atoms with Crippen molar-refractivity contribution in [2.24, 2.45) is 0 Å². The van der Waals surface area contributed by atoms with E-state index in [1.807, 2.05) is 20.8 Å². The van der Waals surface area contributed by atoms with Crippen LogP contribution in [-0.2, 0) is 16.6 Å². The fraction of sp³-hybridized carbons (Fsp3) is 0.417. The molecule has 0 radical (unpaired) electrons. The number of hydrogen-bond acceptors (Lipinski definition) is 4. The molecule has 0 unspecified atom stereocenters. The molecule has 94 valence electrons. The van der Waals surface area contributed by atoms with Gasteiger partial charge in [-0.25, -0.2) is 0 Å².